The van der Waals surface area contributed by atoms with Gasteiger partial charge in [-0.3, -0.25) is 0 Å². The zero-order valence-corrected chi connectivity index (χ0v) is 13.4. The monoisotopic (exact) mass is 308 g/mol. The summed E-state index contributed by atoms with van der Waals surface area (Å²) >= 11 is 6.37. The van der Waals surface area contributed by atoms with Gasteiger partial charge in [0.05, 0.1) is 7.11 Å². The summed E-state index contributed by atoms with van der Waals surface area (Å²) in [6.45, 7) is 1.58. The number of methoxy groups -OCH3 is 1. The Labute approximate surface area is 132 Å². The van der Waals surface area contributed by atoms with Gasteiger partial charge in [0.15, 0.2) is 0 Å². The van der Waals surface area contributed by atoms with E-state index in [1.165, 1.54) is 25.7 Å². The maximum absolute atomic E-state index is 6.37. The number of halogens is 1. The maximum Gasteiger partial charge on any atom is 0.125 e. The van der Waals surface area contributed by atoms with Crippen molar-refractivity contribution >= 4 is 11.6 Å². The van der Waals surface area contributed by atoms with Crippen LogP contribution in [0.4, 0.5) is 0 Å². The summed E-state index contributed by atoms with van der Waals surface area (Å²) in [6, 6.07) is 5.83. The van der Waals surface area contributed by atoms with Gasteiger partial charge in [0, 0.05) is 23.2 Å². The van der Waals surface area contributed by atoms with Crippen LogP contribution in [0.1, 0.15) is 37.3 Å². The standard InChI is InChI=1S/C17H25ClN2O/c1-21-16-4-2-3-14(18)17(16)15(9-19)20-10-13(11-5-6-11)12-7-8-12/h2-4,11-13,15,20H,5-10,19H2,1H3. The fourth-order valence-corrected chi connectivity index (χ4v) is 3.68. The van der Waals surface area contributed by atoms with E-state index in [2.05, 4.69) is 5.32 Å². The van der Waals surface area contributed by atoms with Crippen LogP contribution in [0.3, 0.4) is 0 Å². The predicted molar refractivity (Wildman–Crippen MR) is 86.7 cm³/mol. The Morgan fingerprint density at radius 1 is 1.29 bits per heavy atom. The van der Waals surface area contributed by atoms with Gasteiger partial charge in [0.2, 0.25) is 0 Å². The van der Waals surface area contributed by atoms with Gasteiger partial charge in [-0.05, 0) is 62.1 Å². The lowest BCUT2D eigenvalue weighted by molar-refractivity contribution is 0.350. The van der Waals surface area contributed by atoms with E-state index >= 15 is 0 Å². The Kier molecular flexibility index (Phi) is 4.72. The molecule has 3 nitrogen and oxygen atoms in total. The molecule has 1 atom stereocenters. The number of hydrogen-bond acceptors (Lipinski definition) is 3. The van der Waals surface area contributed by atoms with E-state index in [-0.39, 0.29) is 6.04 Å². The summed E-state index contributed by atoms with van der Waals surface area (Å²) in [5, 5.41) is 4.38. The van der Waals surface area contributed by atoms with Gasteiger partial charge in [0.1, 0.15) is 5.75 Å². The second-order valence-corrected chi connectivity index (χ2v) is 6.80. The maximum atomic E-state index is 6.37. The van der Waals surface area contributed by atoms with Crippen molar-refractivity contribution in [2.75, 3.05) is 20.2 Å². The summed E-state index contributed by atoms with van der Waals surface area (Å²) < 4.78 is 5.46. The molecule has 0 radical (unpaired) electrons. The summed E-state index contributed by atoms with van der Waals surface area (Å²) in [5.41, 5.74) is 6.99. The third-order valence-electron chi connectivity index (χ3n) is 4.87. The molecule has 0 spiro atoms. The molecule has 3 rings (SSSR count). The molecular formula is C17H25ClN2O. The first-order chi connectivity index (χ1) is 10.2. The minimum absolute atomic E-state index is 0.0636. The van der Waals surface area contributed by atoms with Crippen LogP contribution in [0.25, 0.3) is 0 Å². The molecule has 0 amide bonds. The Morgan fingerprint density at radius 3 is 2.48 bits per heavy atom. The van der Waals surface area contributed by atoms with Crippen LogP contribution in [-0.4, -0.2) is 20.2 Å². The molecule has 0 aliphatic heterocycles. The molecule has 1 aromatic carbocycles. The van der Waals surface area contributed by atoms with Crippen LogP contribution >= 0.6 is 11.6 Å². The van der Waals surface area contributed by atoms with Crippen molar-refractivity contribution in [3.05, 3.63) is 28.8 Å². The molecule has 116 valence electrons. The lowest BCUT2D eigenvalue weighted by Crippen LogP contribution is -2.34. The van der Waals surface area contributed by atoms with Crippen molar-refractivity contribution in [2.24, 2.45) is 23.5 Å². The lowest BCUT2D eigenvalue weighted by Gasteiger charge is -2.24. The average molecular weight is 309 g/mol. The summed E-state index contributed by atoms with van der Waals surface area (Å²) in [5.74, 6) is 3.53. The van der Waals surface area contributed by atoms with Crippen LogP contribution in [0.2, 0.25) is 5.02 Å². The first-order valence-corrected chi connectivity index (χ1v) is 8.38. The van der Waals surface area contributed by atoms with Gasteiger partial charge in [0.25, 0.3) is 0 Å². The van der Waals surface area contributed by atoms with Crippen molar-refractivity contribution in [1.82, 2.24) is 5.32 Å². The quantitative estimate of drug-likeness (QED) is 0.774. The van der Waals surface area contributed by atoms with Gasteiger partial charge in [-0.25, -0.2) is 0 Å². The minimum atomic E-state index is 0.0636. The molecule has 0 heterocycles. The first kappa shape index (κ1) is 15.1. The molecule has 3 N–H and O–H groups in total. The molecule has 0 saturated heterocycles. The van der Waals surface area contributed by atoms with Crippen LogP contribution in [-0.2, 0) is 0 Å². The van der Waals surface area contributed by atoms with Crippen molar-refractivity contribution in [1.29, 1.82) is 0 Å². The van der Waals surface area contributed by atoms with E-state index in [4.69, 9.17) is 22.1 Å². The van der Waals surface area contributed by atoms with E-state index < -0.39 is 0 Å². The normalized spacial score (nSPS) is 19.8. The number of rotatable bonds is 8. The highest BCUT2D eigenvalue weighted by molar-refractivity contribution is 6.31. The van der Waals surface area contributed by atoms with Gasteiger partial charge in [-0.1, -0.05) is 17.7 Å². The van der Waals surface area contributed by atoms with Gasteiger partial charge >= 0.3 is 0 Å². The highest BCUT2D eigenvalue weighted by Gasteiger charge is 2.41. The van der Waals surface area contributed by atoms with Crippen LogP contribution < -0.4 is 15.8 Å². The van der Waals surface area contributed by atoms with Crippen molar-refractivity contribution in [3.8, 4) is 5.75 Å². The SMILES string of the molecule is COc1cccc(Cl)c1C(CN)NCC(C1CC1)C1CC1. The molecular weight excluding hydrogens is 284 g/mol. The summed E-state index contributed by atoms with van der Waals surface area (Å²) in [6.07, 6.45) is 5.63. The Morgan fingerprint density at radius 2 is 1.95 bits per heavy atom. The van der Waals surface area contributed by atoms with E-state index in [0.29, 0.717) is 6.54 Å². The van der Waals surface area contributed by atoms with E-state index in [9.17, 15) is 0 Å². The number of hydrogen-bond donors (Lipinski definition) is 2. The number of nitrogens with two attached hydrogens (primary N) is 1. The summed E-state index contributed by atoms with van der Waals surface area (Å²) in [4.78, 5) is 0. The topological polar surface area (TPSA) is 47.3 Å². The third-order valence-corrected chi connectivity index (χ3v) is 5.20. The van der Waals surface area contributed by atoms with Gasteiger partial charge in [-0.15, -0.1) is 0 Å². The smallest absolute Gasteiger partial charge is 0.125 e. The molecule has 1 aromatic rings. The zero-order chi connectivity index (χ0) is 14.8. The fraction of sp³-hybridized carbons (Fsp3) is 0.647. The first-order valence-electron chi connectivity index (χ1n) is 8.00. The molecule has 0 aromatic heterocycles. The third kappa shape index (κ3) is 3.53. The highest BCUT2D eigenvalue weighted by atomic mass is 35.5. The van der Waals surface area contributed by atoms with Crippen LogP contribution in [0.5, 0.6) is 5.75 Å². The number of nitrogens with one attached hydrogen (secondary N) is 1. The zero-order valence-electron chi connectivity index (χ0n) is 12.6. The Balaban J connectivity index is 1.69. The van der Waals surface area contributed by atoms with Crippen molar-refractivity contribution in [2.45, 2.75) is 31.7 Å². The molecule has 0 bridgehead atoms. The lowest BCUT2D eigenvalue weighted by atomic mass is 9.96. The number of ether oxygens (including phenoxy) is 1. The second-order valence-electron chi connectivity index (χ2n) is 6.39. The molecule has 2 aliphatic carbocycles. The second kappa shape index (κ2) is 6.55. The predicted octanol–water partition coefficient (Wildman–Crippen LogP) is 3.37. The molecule has 2 saturated carbocycles. The Bertz CT molecular complexity index is 474. The molecule has 2 fully saturated rings. The van der Waals surface area contributed by atoms with E-state index in [1.807, 2.05) is 18.2 Å². The molecule has 21 heavy (non-hydrogen) atoms. The van der Waals surface area contributed by atoms with Crippen molar-refractivity contribution < 1.29 is 4.74 Å². The highest BCUT2D eigenvalue weighted by Crippen LogP contribution is 2.49. The summed E-state index contributed by atoms with van der Waals surface area (Å²) in [7, 11) is 1.68. The van der Waals surface area contributed by atoms with E-state index in [1.54, 1.807) is 7.11 Å². The largest absolute Gasteiger partial charge is 0.496 e. The van der Waals surface area contributed by atoms with Gasteiger partial charge in [-0.2, -0.15) is 0 Å². The molecule has 1 unspecified atom stereocenters. The molecule has 2 aliphatic rings. The van der Waals surface area contributed by atoms with Crippen LogP contribution in [0, 0.1) is 17.8 Å². The fourth-order valence-electron chi connectivity index (χ4n) is 3.38. The Hall–Kier alpha value is -0.770. The average Bonchev–Trinajstić information content (AvgIpc) is 3.37. The van der Waals surface area contributed by atoms with Crippen molar-refractivity contribution in [3.63, 3.8) is 0 Å². The molecule has 4 heteroatoms. The number of benzene rings is 1. The van der Waals surface area contributed by atoms with E-state index in [0.717, 1.165) is 40.6 Å². The van der Waals surface area contributed by atoms with Crippen LogP contribution in [0.15, 0.2) is 18.2 Å². The van der Waals surface area contributed by atoms with Gasteiger partial charge < -0.3 is 15.8 Å². The minimum Gasteiger partial charge on any atom is -0.496 e.